The SMILES string of the molecule is O=C(Nc1c(F)cc(F)cc1F)c1csc(C#CCO)c1. The molecule has 0 spiro atoms. The molecule has 7 heteroatoms. The summed E-state index contributed by atoms with van der Waals surface area (Å²) in [4.78, 5) is 12.4. The lowest BCUT2D eigenvalue weighted by Crippen LogP contribution is -2.13. The molecule has 2 N–H and O–H groups in total. The molecule has 0 unspecified atom stereocenters. The van der Waals surface area contributed by atoms with Gasteiger partial charge in [0.05, 0.1) is 10.4 Å². The molecule has 0 saturated heterocycles. The molecule has 0 atom stereocenters. The van der Waals surface area contributed by atoms with Gasteiger partial charge < -0.3 is 10.4 Å². The Morgan fingerprint density at radius 2 is 1.90 bits per heavy atom. The molecule has 2 rings (SSSR count). The number of aliphatic hydroxyl groups is 1. The Morgan fingerprint density at radius 3 is 2.52 bits per heavy atom. The van der Waals surface area contributed by atoms with Crippen LogP contribution in [-0.4, -0.2) is 17.6 Å². The average molecular weight is 311 g/mol. The zero-order valence-corrected chi connectivity index (χ0v) is 11.2. The van der Waals surface area contributed by atoms with Crippen LogP contribution in [-0.2, 0) is 0 Å². The normalized spacial score (nSPS) is 9.90. The molecule has 0 aliphatic rings. The lowest BCUT2D eigenvalue weighted by atomic mass is 10.2. The standard InChI is InChI=1S/C14H8F3NO2S/c15-9-5-11(16)13(12(17)6-9)18-14(20)8-4-10(21-7-8)2-1-3-19/h4-7,19H,3H2,(H,18,20). The van der Waals surface area contributed by atoms with Crippen LogP contribution in [0.2, 0.25) is 0 Å². The number of nitrogens with one attached hydrogen (secondary N) is 1. The Hall–Kier alpha value is -2.30. The fraction of sp³-hybridized carbons (Fsp3) is 0.0714. The van der Waals surface area contributed by atoms with Gasteiger partial charge in [0, 0.05) is 17.5 Å². The van der Waals surface area contributed by atoms with Crippen LogP contribution >= 0.6 is 11.3 Å². The van der Waals surface area contributed by atoms with E-state index in [4.69, 9.17) is 5.11 Å². The van der Waals surface area contributed by atoms with Crippen molar-refractivity contribution < 1.29 is 23.1 Å². The number of carbonyl (C=O) groups is 1. The first-order valence-electron chi connectivity index (χ1n) is 5.65. The predicted molar refractivity (Wildman–Crippen MR) is 72.6 cm³/mol. The third kappa shape index (κ3) is 3.62. The molecular weight excluding hydrogens is 303 g/mol. The summed E-state index contributed by atoms with van der Waals surface area (Å²) in [6.45, 7) is -0.314. The molecule has 108 valence electrons. The average Bonchev–Trinajstić information content (AvgIpc) is 2.89. The molecule has 0 saturated carbocycles. The number of amides is 1. The maximum atomic E-state index is 13.4. The van der Waals surface area contributed by atoms with Crippen LogP contribution in [0.25, 0.3) is 0 Å². The minimum Gasteiger partial charge on any atom is -0.384 e. The van der Waals surface area contributed by atoms with Crippen LogP contribution in [0.5, 0.6) is 0 Å². The summed E-state index contributed by atoms with van der Waals surface area (Å²) in [7, 11) is 0. The smallest absolute Gasteiger partial charge is 0.256 e. The Labute approximate surface area is 122 Å². The predicted octanol–water partition coefficient (Wildman–Crippen LogP) is 2.76. The number of hydrogen-bond donors (Lipinski definition) is 2. The molecule has 1 amide bonds. The number of thiophene rings is 1. The summed E-state index contributed by atoms with van der Waals surface area (Å²) < 4.78 is 39.6. The molecule has 0 radical (unpaired) electrons. The zero-order chi connectivity index (χ0) is 15.4. The number of hydrogen-bond acceptors (Lipinski definition) is 3. The van der Waals surface area contributed by atoms with Crippen molar-refractivity contribution in [2.75, 3.05) is 11.9 Å². The first-order valence-corrected chi connectivity index (χ1v) is 6.53. The van der Waals surface area contributed by atoms with Gasteiger partial charge in [0.2, 0.25) is 0 Å². The fourth-order valence-electron chi connectivity index (χ4n) is 1.49. The Balaban J connectivity index is 2.20. The van der Waals surface area contributed by atoms with Gasteiger partial charge in [-0.25, -0.2) is 13.2 Å². The van der Waals surface area contributed by atoms with Crippen LogP contribution < -0.4 is 5.32 Å². The molecule has 2 aromatic rings. The van der Waals surface area contributed by atoms with Crippen molar-refractivity contribution in [1.29, 1.82) is 0 Å². The summed E-state index contributed by atoms with van der Waals surface area (Å²) in [6, 6.07) is 2.37. The maximum Gasteiger partial charge on any atom is 0.256 e. The minimum absolute atomic E-state index is 0.158. The molecular formula is C14H8F3NO2S. The highest BCUT2D eigenvalue weighted by Gasteiger charge is 2.16. The Kier molecular flexibility index (Phi) is 4.62. The van der Waals surface area contributed by atoms with Crippen LogP contribution in [0.1, 0.15) is 15.2 Å². The second kappa shape index (κ2) is 6.43. The number of rotatable bonds is 2. The molecule has 0 bridgehead atoms. The van der Waals surface area contributed by atoms with Crippen LogP contribution in [0.4, 0.5) is 18.9 Å². The summed E-state index contributed by atoms with van der Waals surface area (Å²) in [6.07, 6.45) is 0. The van der Waals surface area contributed by atoms with Crippen LogP contribution in [0, 0.1) is 29.3 Å². The monoisotopic (exact) mass is 311 g/mol. The van der Waals surface area contributed by atoms with Crippen LogP contribution in [0.3, 0.4) is 0 Å². The van der Waals surface area contributed by atoms with E-state index in [-0.39, 0.29) is 12.2 Å². The van der Waals surface area contributed by atoms with E-state index in [0.717, 1.165) is 11.3 Å². The third-order valence-electron chi connectivity index (χ3n) is 2.40. The highest BCUT2D eigenvalue weighted by atomic mass is 32.1. The second-order valence-electron chi connectivity index (χ2n) is 3.86. The topological polar surface area (TPSA) is 49.3 Å². The van der Waals surface area contributed by atoms with Gasteiger partial charge in [0.1, 0.15) is 18.1 Å². The molecule has 0 aliphatic heterocycles. The lowest BCUT2D eigenvalue weighted by molar-refractivity contribution is 0.102. The van der Waals surface area contributed by atoms with Gasteiger partial charge in [-0.05, 0) is 6.07 Å². The van der Waals surface area contributed by atoms with Crippen molar-refractivity contribution in [2.24, 2.45) is 0 Å². The molecule has 21 heavy (non-hydrogen) atoms. The molecule has 3 nitrogen and oxygen atoms in total. The van der Waals surface area contributed by atoms with E-state index in [2.05, 4.69) is 11.8 Å². The summed E-state index contributed by atoms with van der Waals surface area (Å²) >= 11 is 1.15. The van der Waals surface area contributed by atoms with Crippen molar-refractivity contribution >= 4 is 22.9 Å². The van der Waals surface area contributed by atoms with E-state index in [1.807, 2.05) is 5.32 Å². The van der Waals surface area contributed by atoms with Crippen LogP contribution in [0.15, 0.2) is 23.6 Å². The van der Waals surface area contributed by atoms with Gasteiger partial charge >= 0.3 is 0 Å². The van der Waals surface area contributed by atoms with Gasteiger partial charge in [-0.15, -0.1) is 11.3 Å². The Morgan fingerprint density at radius 1 is 1.24 bits per heavy atom. The molecule has 1 heterocycles. The number of aliphatic hydroxyl groups excluding tert-OH is 1. The van der Waals surface area contributed by atoms with E-state index in [1.54, 1.807) is 0 Å². The van der Waals surface area contributed by atoms with Gasteiger partial charge in [0.25, 0.3) is 5.91 Å². The van der Waals surface area contributed by atoms with Gasteiger partial charge in [0.15, 0.2) is 11.6 Å². The number of halogens is 3. The van der Waals surface area contributed by atoms with Crippen molar-refractivity contribution in [3.63, 3.8) is 0 Å². The van der Waals surface area contributed by atoms with Crippen molar-refractivity contribution in [2.45, 2.75) is 0 Å². The summed E-state index contributed by atoms with van der Waals surface area (Å²) in [5, 5.41) is 12.1. The highest BCUT2D eigenvalue weighted by Crippen LogP contribution is 2.22. The zero-order valence-electron chi connectivity index (χ0n) is 10.4. The first kappa shape index (κ1) is 15.1. The van der Waals surface area contributed by atoms with E-state index in [9.17, 15) is 18.0 Å². The van der Waals surface area contributed by atoms with Gasteiger partial charge in [-0.1, -0.05) is 11.8 Å². The largest absolute Gasteiger partial charge is 0.384 e. The minimum atomic E-state index is -1.20. The number of benzene rings is 1. The van der Waals surface area contributed by atoms with Crippen molar-refractivity contribution in [3.8, 4) is 11.8 Å². The highest BCUT2D eigenvalue weighted by molar-refractivity contribution is 7.10. The molecule has 0 aliphatic carbocycles. The number of carbonyl (C=O) groups excluding carboxylic acids is 1. The lowest BCUT2D eigenvalue weighted by Gasteiger charge is -2.06. The third-order valence-corrected chi connectivity index (χ3v) is 3.24. The quantitative estimate of drug-likeness (QED) is 0.838. The second-order valence-corrected chi connectivity index (χ2v) is 4.77. The molecule has 0 fully saturated rings. The first-order chi connectivity index (χ1) is 10.0. The van der Waals surface area contributed by atoms with E-state index in [0.29, 0.717) is 17.0 Å². The van der Waals surface area contributed by atoms with E-state index >= 15 is 0 Å². The van der Waals surface area contributed by atoms with E-state index < -0.39 is 29.0 Å². The molecule has 1 aromatic carbocycles. The fourth-order valence-corrected chi connectivity index (χ4v) is 2.25. The summed E-state index contributed by atoms with van der Waals surface area (Å²) in [5.41, 5.74) is -0.555. The summed E-state index contributed by atoms with van der Waals surface area (Å²) in [5.74, 6) is 0.810. The number of anilines is 1. The van der Waals surface area contributed by atoms with Crippen molar-refractivity contribution in [1.82, 2.24) is 0 Å². The van der Waals surface area contributed by atoms with Gasteiger partial charge in [-0.3, -0.25) is 4.79 Å². The van der Waals surface area contributed by atoms with Gasteiger partial charge in [-0.2, -0.15) is 0 Å². The molecule has 1 aromatic heterocycles. The Bertz CT molecular complexity index is 723. The van der Waals surface area contributed by atoms with Crippen molar-refractivity contribution in [3.05, 3.63) is 51.5 Å². The van der Waals surface area contributed by atoms with E-state index in [1.165, 1.54) is 11.4 Å². The maximum absolute atomic E-state index is 13.4.